The summed E-state index contributed by atoms with van der Waals surface area (Å²) in [5.74, 6) is -0.735. The molecule has 65 heavy (non-hydrogen) atoms. The number of nitro groups is 1. The van der Waals surface area contributed by atoms with Crippen LogP contribution in [-0.2, 0) is 19.5 Å². The summed E-state index contributed by atoms with van der Waals surface area (Å²) in [5.41, 5.74) is 5.19. The van der Waals surface area contributed by atoms with Crippen LogP contribution in [0, 0.1) is 15.5 Å². The van der Waals surface area contributed by atoms with Gasteiger partial charge in [-0.25, -0.2) is 0 Å². The normalized spacial score (nSPS) is 20.4. The molecular formula is C46H53ClN7O9PS. The predicted molar refractivity (Wildman–Crippen MR) is 254 cm³/mol. The van der Waals surface area contributed by atoms with Gasteiger partial charge in [0, 0.05) is 5.02 Å². The molecule has 5 aromatic rings. The van der Waals surface area contributed by atoms with E-state index in [2.05, 4.69) is 55.8 Å². The molecule has 0 spiro atoms. The second-order valence-corrected chi connectivity index (χ2v) is 23.4. The summed E-state index contributed by atoms with van der Waals surface area (Å²) in [4.78, 5) is 50.7. The number of pyridine rings is 1. The van der Waals surface area contributed by atoms with Gasteiger partial charge in [0.15, 0.2) is 0 Å². The van der Waals surface area contributed by atoms with Gasteiger partial charge in [0.1, 0.15) is 0 Å². The van der Waals surface area contributed by atoms with Crippen LogP contribution in [0.5, 0.6) is 5.88 Å². The average Bonchev–Trinajstić information content (AvgIpc) is 3.76. The predicted octanol–water partition coefficient (Wildman–Crippen LogP) is 5.86. The molecular weight excluding hydrogens is 893 g/mol. The molecule has 4 aliphatic rings. The van der Waals surface area contributed by atoms with Crippen molar-refractivity contribution in [2.75, 3.05) is 82.1 Å². The van der Waals surface area contributed by atoms with E-state index in [1.54, 1.807) is 18.3 Å². The molecule has 1 aliphatic carbocycles. The van der Waals surface area contributed by atoms with E-state index < -0.39 is 38.9 Å². The molecule has 3 aromatic carbocycles. The third-order valence-electron chi connectivity index (χ3n) is 13.0. The topological polar surface area (TPSA) is 201 Å². The molecule has 4 N–H and O–H groups in total. The number of hydrogen-bond acceptors (Lipinski definition) is 13. The van der Waals surface area contributed by atoms with Crippen molar-refractivity contribution in [1.82, 2.24) is 19.6 Å². The van der Waals surface area contributed by atoms with Crippen molar-refractivity contribution < 1.29 is 37.2 Å². The van der Waals surface area contributed by atoms with Crippen molar-refractivity contribution in [3.05, 3.63) is 111 Å². The number of piperazine rings is 1. The fraction of sp³-hybridized carbons (Fsp3) is 0.391. The number of aromatic nitrogens is 2. The van der Waals surface area contributed by atoms with Crippen LogP contribution < -0.4 is 30.3 Å². The fourth-order valence-electron chi connectivity index (χ4n) is 9.34. The van der Waals surface area contributed by atoms with E-state index in [1.165, 1.54) is 28.8 Å². The molecule has 1 amide bonds. The molecule has 3 aliphatic heterocycles. The Hall–Kier alpha value is -5.13. The summed E-state index contributed by atoms with van der Waals surface area (Å²) in [5, 5.41) is 17.4. The first-order chi connectivity index (χ1) is 31.2. The number of sulfonamides is 1. The van der Waals surface area contributed by atoms with Crippen LogP contribution in [0.15, 0.2) is 89.5 Å². The van der Waals surface area contributed by atoms with E-state index in [0.29, 0.717) is 49.2 Å². The van der Waals surface area contributed by atoms with Crippen molar-refractivity contribution in [2.24, 2.45) is 5.41 Å². The Morgan fingerprint density at radius 2 is 1.83 bits per heavy atom. The van der Waals surface area contributed by atoms with Crippen LogP contribution in [0.3, 0.4) is 0 Å². The van der Waals surface area contributed by atoms with Gasteiger partial charge in [0.05, 0.1) is 19.8 Å². The number of nitro benzene ring substituents is 1. The molecule has 16 nitrogen and oxygen atoms in total. The number of halogens is 1. The number of ether oxygens (including phenoxy) is 3. The number of benzene rings is 3. The monoisotopic (exact) mass is 945 g/mol. The number of aromatic amines is 1. The van der Waals surface area contributed by atoms with Gasteiger partial charge in [0.25, 0.3) is 0 Å². The van der Waals surface area contributed by atoms with E-state index >= 15 is 0 Å². The SMILES string of the molecule is CC1(C)CCC(CN2CCN(c3ccc(C(=O)NS(=O)(=O)c4ccc(NC[C@H]5COCCO5)c([N+](=O)[O-])c4)c([PH]4(O)CCOc5nc6[nH]ccc6cc54)c3)CC2)=C(c2ccc(Cl)cc2)C1. The van der Waals surface area contributed by atoms with Crippen molar-refractivity contribution >= 4 is 79.3 Å². The van der Waals surface area contributed by atoms with Gasteiger partial charge in [-0.05, 0) is 12.1 Å². The number of nitrogens with zero attached hydrogens (tertiary/aromatic N) is 4. The van der Waals surface area contributed by atoms with Crippen LogP contribution >= 0.6 is 19.1 Å². The number of hydrogen-bond donors (Lipinski definition) is 4. The number of rotatable bonds is 12. The minimum atomic E-state index is -4.65. The Kier molecular flexibility index (Phi) is 12.7. The Balaban J connectivity index is 0.993. The van der Waals surface area contributed by atoms with Crippen LogP contribution in [0.1, 0.15) is 49.0 Å². The van der Waals surface area contributed by atoms with Gasteiger partial charge in [-0.3, -0.25) is 0 Å². The van der Waals surface area contributed by atoms with Gasteiger partial charge in [-0.2, -0.15) is 0 Å². The number of carbonyl (C=O) groups is 1. The van der Waals surface area contributed by atoms with Crippen LogP contribution in [0.2, 0.25) is 5.02 Å². The Morgan fingerprint density at radius 3 is 2.58 bits per heavy atom. The number of anilines is 2. The quantitative estimate of drug-likeness (QED) is 0.0660. The maximum atomic E-state index is 14.4. The van der Waals surface area contributed by atoms with Gasteiger partial charge in [-0.15, -0.1) is 0 Å². The average molecular weight is 946 g/mol. The molecule has 0 saturated carbocycles. The minimum absolute atomic E-state index is 0.0310. The van der Waals surface area contributed by atoms with E-state index in [0.717, 1.165) is 61.1 Å². The number of H-pyrrole nitrogens is 1. The summed E-state index contributed by atoms with van der Waals surface area (Å²) in [6.07, 6.45) is 4.72. The van der Waals surface area contributed by atoms with Gasteiger partial charge in [-0.1, -0.05) is 25.4 Å². The van der Waals surface area contributed by atoms with Crippen molar-refractivity contribution in [2.45, 2.75) is 44.1 Å². The zero-order valence-corrected chi connectivity index (χ0v) is 38.8. The van der Waals surface area contributed by atoms with Crippen molar-refractivity contribution in [1.29, 1.82) is 0 Å². The number of nitrogens with one attached hydrogen (secondary N) is 3. The molecule has 0 radical (unpaired) electrons. The Labute approximate surface area is 382 Å². The summed E-state index contributed by atoms with van der Waals surface area (Å²) in [6, 6.07) is 20.4. The number of amides is 1. The standard InChI is InChI=1S/C46H53ClN7O9PS/c1-46(2)13-11-32(38(26-46)30-3-5-33(47)6-4-30)28-52-15-17-53(18-16-52)34-7-9-37(41(24-34)64(58)22-21-63-45-42(64)23-31-12-14-48-43(31)50-45)44(55)51-65(59,60)36-8-10-39(40(25-36)54(56)57)49-27-35-29-61-19-20-62-35/h3-10,12,14,23-25,35,49,58,64H,11,13,15-22,26-29H2,1-2H3,(H,48,50)(H,51,55)/t35-/m0/s1. The first kappa shape index (κ1) is 45.0. The van der Waals surface area contributed by atoms with E-state index in [-0.39, 0.29) is 48.0 Å². The number of carbonyl (C=O) groups excluding carboxylic acids is 1. The third kappa shape index (κ3) is 9.59. The summed E-state index contributed by atoms with van der Waals surface area (Å²) in [6.45, 7) is 9.95. The molecule has 2 saturated heterocycles. The molecule has 344 valence electrons. The van der Waals surface area contributed by atoms with E-state index in [1.807, 2.05) is 30.3 Å². The first-order valence-corrected chi connectivity index (χ1v) is 25.9. The Bertz CT molecular complexity index is 2770. The van der Waals surface area contributed by atoms with Crippen LogP contribution in [0.4, 0.5) is 17.1 Å². The van der Waals surface area contributed by atoms with Gasteiger partial charge < -0.3 is 9.47 Å². The second kappa shape index (κ2) is 18.3. The first-order valence-electron chi connectivity index (χ1n) is 21.9. The third-order valence-corrected chi connectivity index (χ3v) is 18.0. The molecule has 9 rings (SSSR count). The summed E-state index contributed by atoms with van der Waals surface area (Å²) in [7, 11) is -8.51. The second-order valence-electron chi connectivity index (χ2n) is 18.0. The summed E-state index contributed by atoms with van der Waals surface area (Å²) >= 11 is 6.26. The van der Waals surface area contributed by atoms with Crippen LogP contribution in [-0.4, -0.2) is 117 Å². The fourth-order valence-corrected chi connectivity index (χ4v) is 13.6. The molecule has 19 heteroatoms. The Morgan fingerprint density at radius 1 is 1.03 bits per heavy atom. The van der Waals surface area contributed by atoms with Crippen molar-refractivity contribution in [3.8, 4) is 5.88 Å². The van der Waals surface area contributed by atoms with E-state index in [4.69, 9.17) is 25.8 Å². The van der Waals surface area contributed by atoms with Crippen LogP contribution in [0.25, 0.3) is 16.6 Å². The maximum absolute atomic E-state index is 14.4. The zero-order chi connectivity index (χ0) is 45.5. The molecule has 5 heterocycles. The number of allylic oxidation sites excluding steroid dienone is 1. The summed E-state index contributed by atoms with van der Waals surface area (Å²) < 4.78 is 47.0. The van der Waals surface area contributed by atoms with E-state index in [9.17, 15) is 28.2 Å². The van der Waals surface area contributed by atoms with Gasteiger partial charge in [0.2, 0.25) is 0 Å². The molecule has 2 fully saturated rings. The number of fused-ring (bicyclic) bond motifs is 2. The van der Waals surface area contributed by atoms with Gasteiger partial charge >= 0.3 is 313 Å². The molecule has 0 bridgehead atoms. The zero-order valence-electron chi connectivity index (χ0n) is 36.3. The molecule has 2 aromatic heterocycles. The van der Waals surface area contributed by atoms with Crippen molar-refractivity contribution in [3.63, 3.8) is 0 Å². The molecule has 0 unspecified atom stereocenters. The molecule has 1 atom stereocenters.